The molecular weight excluding hydrogens is 280 g/mol. The first-order valence-corrected chi connectivity index (χ1v) is 6.31. The van der Waals surface area contributed by atoms with E-state index in [4.69, 9.17) is 0 Å². The van der Waals surface area contributed by atoms with Gasteiger partial charge in [-0.2, -0.15) is 5.10 Å². The van der Waals surface area contributed by atoms with Gasteiger partial charge in [-0.05, 0) is 40.9 Å². The fourth-order valence-electron chi connectivity index (χ4n) is 1.65. The highest BCUT2D eigenvalue weighted by Crippen LogP contribution is 2.27. The van der Waals surface area contributed by atoms with Crippen molar-refractivity contribution in [2.24, 2.45) is 7.05 Å². The monoisotopic (exact) mass is 294 g/mol. The van der Waals surface area contributed by atoms with Crippen LogP contribution in [0.2, 0.25) is 0 Å². The van der Waals surface area contributed by atoms with Gasteiger partial charge in [0.2, 0.25) is 0 Å². The maximum Gasteiger partial charge on any atom is 0.145 e. The van der Waals surface area contributed by atoms with Crippen molar-refractivity contribution >= 4 is 27.4 Å². The van der Waals surface area contributed by atoms with Gasteiger partial charge in [0.05, 0.1) is 15.9 Å². The van der Waals surface area contributed by atoms with E-state index in [2.05, 4.69) is 38.3 Å². The van der Waals surface area contributed by atoms with Gasteiger partial charge in [0, 0.05) is 19.4 Å². The summed E-state index contributed by atoms with van der Waals surface area (Å²) < 4.78 is 2.80. The third kappa shape index (κ3) is 2.49. The third-order valence-electron chi connectivity index (χ3n) is 2.58. The Morgan fingerprint density at radius 1 is 1.47 bits per heavy atom. The standard InChI is InChI=1S/C12H15BrN4/c1-4-9-10(7-17(3)16-9)15-12-11(13)8(2)5-6-14-12/h5-7H,4H2,1-3H3,(H,14,15). The maximum atomic E-state index is 4.39. The summed E-state index contributed by atoms with van der Waals surface area (Å²) in [7, 11) is 1.92. The summed E-state index contributed by atoms with van der Waals surface area (Å²) in [6, 6.07) is 1.97. The largest absolute Gasteiger partial charge is 0.336 e. The van der Waals surface area contributed by atoms with Crippen LogP contribution in [-0.4, -0.2) is 14.8 Å². The Morgan fingerprint density at radius 3 is 2.94 bits per heavy atom. The van der Waals surface area contributed by atoms with Crippen molar-refractivity contribution in [3.63, 3.8) is 0 Å². The number of aromatic nitrogens is 3. The molecule has 17 heavy (non-hydrogen) atoms. The van der Waals surface area contributed by atoms with E-state index in [-0.39, 0.29) is 0 Å². The normalized spacial score (nSPS) is 10.6. The summed E-state index contributed by atoms with van der Waals surface area (Å²) in [5.74, 6) is 0.827. The van der Waals surface area contributed by atoms with Crippen LogP contribution in [0.3, 0.4) is 0 Å². The van der Waals surface area contributed by atoms with Gasteiger partial charge < -0.3 is 5.32 Å². The van der Waals surface area contributed by atoms with Crippen molar-refractivity contribution in [2.45, 2.75) is 20.3 Å². The quantitative estimate of drug-likeness (QED) is 0.945. The molecule has 0 radical (unpaired) electrons. The van der Waals surface area contributed by atoms with Crippen LogP contribution in [-0.2, 0) is 13.5 Å². The smallest absolute Gasteiger partial charge is 0.145 e. The Morgan fingerprint density at radius 2 is 2.24 bits per heavy atom. The second kappa shape index (κ2) is 4.87. The van der Waals surface area contributed by atoms with E-state index < -0.39 is 0 Å². The van der Waals surface area contributed by atoms with Gasteiger partial charge >= 0.3 is 0 Å². The maximum absolute atomic E-state index is 4.39. The minimum Gasteiger partial charge on any atom is -0.336 e. The lowest BCUT2D eigenvalue weighted by molar-refractivity contribution is 0.746. The van der Waals surface area contributed by atoms with Gasteiger partial charge in [-0.3, -0.25) is 4.68 Å². The molecule has 2 aromatic rings. The number of pyridine rings is 1. The lowest BCUT2D eigenvalue weighted by atomic mass is 10.2. The molecule has 0 spiro atoms. The molecule has 1 N–H and O–H groups in total. The molecular formula is C12H15BrN4. The Balaban J connectivity index is 2.34. The number of aryl methyl sites for hydroxylation is 3. The Bertz CT molecular complexity index is 533. The fraction of sp³-hybridized carbons (Fsp3) is 0.333. The fourth-order valence-corrected chi connectivity index (χ4v) is 1.99. The van der Waals surface area contributed by atoms with Crippen LogP contribution in [0.4, 0.5) is 11.5 Å². The van der Waals surface area contributed by atoms with E-state index >= 15 is 0 Å². The number of nitrogens with zero attached hydrogens (tertiary/aromatic N) is 3. The number of hydrogen-bond acceptors (Lipinski definition) is 3. The highest BCUT2D eigenvalue weighted by molar-refractivity contribution is 9.10. The van der Waals surface area contributed by atoms with Crippen molar-refractivity contribution in [2.75, 3.05) is 5.32 Å². The summed E-state index contributed by atoms with van der Waals surface area (Å²) in [5.41, 5.74) is 3.21. The molecule has 0 aliphatic heterocycles. The second-order valence-electron chi connectivity index (χ2n) is 3.93. The molecule has 4 nitrogen and oxygen atoms in total. The molecule has 2 aromatic heterocycles. The average Bonchev–Trinajstić information content (AvgIpc) is 2.65. The Kier molecular flexibility index (Phi) is 3.47. The molecule has 0 aromatic carbocycles. The molecule has 0 bridgehead atoms. The minimum atomic E-state index is 0.827. The number of rotatable bonds is 3. The molecule has 0 aliphatic rings. The van der Waals surface area contributed by atoms with Gasteiger partial charge in [-0.15, -0.1) is 0 Å². The van der Waals surface area contributed by atoms with Crippen LogP contribution in [0.1, 0.15) is 18.2 Å². The third-order valence-corrected chi connectivity index (χ3v) is 3.58. The zero-order valence-corrected chi connectivity index (χ0v) is 11.7. The highest BCUT2D eigenvalue weighted by Gasteiger charge is 2.09. The molecule has 90 valence electrons. The molecule has 5 heteroatoms. The van der Waals surface area contributed by atoms with E-state index in [0.29, 0.717) is 0 Å². The van der Waals surface area contributed by atoms with E-state index in [1.165, 1.54) is 0 Å². The summed E-state index contributed by atoms with van der Waals surface area (Å²) >= 11 is 3.54. The van der Waals surface area contributed by atoms with Gasteiger partial charge in [-0.25, -0.2) is 4.98 Å². The van der Waals surface area contributed by atoms with Gasteiger partial charge in [0.25, 0.3) is 0 Å². The van der Waals surface area contributed by atoms with Crippen LogP contribution >= 0.6 is 15.9 Å². The van der Waals surface area contributed by atoms with Crippen molar-refractivity contribution in [1.29, 1.82) is 0 Å². The Labute approximate surface area is 109 Å². The average molecular weight is 295 g/mol. The lowest BCUT2D eigenvalue weighted by Gasteiger charge is -2.08. The summed E-state index contributed by atoms with van der Waals surface area (Å²) in [4.78, 5) is 4.32. The molecule has 0 amide bonds. The van der Waals surface area contributed by atoms with Crippen molar-refractivity contribution in [3.05, 3.63) is 34.2 Å². The van der Waals surface area contributed by atoms with Gasteiger partial charge in [0.15, 0.2) is 0 Å². The number of anilines is 2. The number of halogens is 1. The molecule has 0 aliphatic carbocycles. The van der Waals surface area contributed by atoms with Crippen molar-refractivity contribution in [1.82, 2.24) is 14.8 Å². The highest BCUT2D eigenvalue weighted by atomic mass is 79.9. The zero-order valence-electron chi connectivity index (χ0n) is 10.2. The molecule has 0 fully saturated rings. The summed E-state index contributed by atoms with van der Waals surface area (Å²) in [6.45, 7) is 4.13. The van der Waals surface area contributed by atoms with Crippen molar-refractivity contribution in [3.8, 4) is 0 Å². The van der Waals surface area contributed by atoms with Crippen LogP contribution in [0.25, 0.3) is 0 Å². The molecule has 0 atom stereocenters. The van der Waals surface area contributed by atoms with E-state index in [1.807, 2.05) is 30.9 Å². The summed E-state index contributed by atoms with van der Waals surface area (Å²) in [5, 5.41) is 7.70. The predicted octanol–water partition coefficient (Wildman–Crippen LogP) is 3.19. The van der Waals surface area contributed by atoms with Crippen LogP contribution < -0.4 is 5.32 Å². The van der Waals surface area contributed by atoms with Crippen LogP contribution in [0, 0.1) is 6.92 Å². The first-order valence-electron chi connectivity index (χ1n) is 5.52. The molecule has 0 saturated heterocycles. The molecule has 2 heterocycles. The second-order valence-corrected chi connectivity index (χ2v) is 4.73. The number of nitrogens with one attached hydrogen (secondary N) is 1. The van der Waals surface area contributed by atoms with E-state index in [9.17, 15) is 0 Å². The van der Waals surface area contributed by atoms with Gasteiger partial charge in [0.1, 0.15) is 5.82 Å². The van der Waals surface area contributed by atoms with Crippen LogP contribution in [0.5, 0.6) is 0 Å². The first-order chi connectivity index (χ1) is 8.11. The molecule has 0 saturated carbocycles. The van der Waals surface area contributed by atoms with Gasteiger partial charge in [-0.1, -0.05) is 6.92 Å². The van der Waals surface area contributed by atoms with E-state index in [1.54, 1.807) is 6.20 Å². The van der Waals surface area contributed by atoms with Crippen molar-refractivity contribution < 1.29 is 0 Å². The summed E-state index contributed by atoms with van der Waals surface area (Å²) in [6.07, 6.45) is 4.66. The first kappa shape index (κ1) is 12.1. The topological polar surface area (TPSA) is 42.7 Å². The molecule has 0 unspecified atom stereocenters. The Hall–Kier alpha value is -1.36. The lowest BCUT2D eigenvalue weighted by Crippen LogP contribution is -1.97. The van der Waals surface area contributed by atoms with Crippen LogP contribution in [0.15, 0.2) is 22.9 Å². The predicted molar refractivity (Wildman–Crippen MR) is 72.5 cm³/mol. The number of hydrogen-bond donors (Lipinski definition) is 1. The SMILES string of the molecule is CCc1nn(C)cc1Nc1nccc(C)c1Br. The zero-order chi connectivity index (χ0) is 12.4. The van der Waals surface area contributed by atoms with E-state index in [0.717, 1.165) is 33.7 Å². The minimum absolute atomic E-state index is 0.827. The molecule has 2 rings (SSSR count).